The van der Waals surface area contributed by atoms with Crippen LogP contribution in [0.25, 0.3) is 0 Å². The van der Waals surface area contributed by atoms with Crippen LogP contribution in [0.2, 0.25) is 0 Å². The van der Waals surface area contributed by atoms with E-state index in [2.05, 4.69) is 0 Å². The lowest BCUT2D eigenvalue weighted by atomic mass is 10.0. The number of hydrogen-bond donors (Lipinski definition) is 3. The van der Waals surface area contributed by atoms with Gasteiger partial charge in [-0.1, -0.05) is 60.7 Å². The van der Waals surface area contributed by atoms with E-state index in [1.165, 1.54) is 12.1 Å². The highest BCUT2D eigenvalue weighted by atomic mass is 16.4. The fourth-order valence-electron chi connectivity index (χ4n) is 1.91. The van der Waals surface area contributed by atoms with Gasteiger partial charge in [0.15, 0.2) is 0 Å². The maximum Gasteiger partial charge on any atom is 0.130 e. The van der Waals surface area contributed by atoms with Crippen molar-refractivity contribution in [3.05, 3.63) is 71.8 Å². The molecule has 0 spiro atoms. The standard InChI is InChI=1S/C10H15NO.C8H8O3/c1-8(11-2)10(12)9-6-4-3-5-7-9;9-7(8(10)11)6-4-2-1-3-5-6/h3-8,10-12H,1-2H3;1-5,7,9H,(H,10,11)/t8-,10-;7-/m11/s1. The van der Waals surface area contributed by atoms with Gasteiger partial charge in [0, 0.05) is 0 Å². The second kappa shape index (κ2) is 9.74. The summed E-state index contributed by atoms with van der Waals surface area (Å²) in [6.45, 7) is 2.01. The highest BCUT2D eigenvalue weighted by Gasteiger charge is 2.16. The molecule has 0 heterocycles. The fraction of sp³-hybridized carbons (Fsp3) is 0.278. The summed E-state index contributed by atoms with van der Waals surface area (Å²) in [5.41, 5.74) is 1.33. The van der Waals surface area contributed by atoms with E-state index in [-0.39, 0.29) is 12.1 Å². The van der Waals surface area contributed by atoms with Gasteiger partial charge in [-0.15, -0.1) is 0 Å². The average Bonchev–Trinajstić information content (AvgIpc) is 2.61. The molecule has 2 aromatic carbocycles. The summed E-state index contributed by atoms with van der Waals surface area (Å²) in [6.07, 6.45) is -1.88. The summed E-state index contributed by atoms with van der Waals surface area (Å²) in [7, 11) is 1.97. The summed E-state index contributed by atoms with van der Waals surface area (Å²) in [5, 5.41) is 30.8. The van der Waals surface area contributed by atoms with Gasteiger partial charge in [-0.3, -0.25) is 0 Å². The van der Waals surface area contributed by atoms with Crippen molar-refractivity contribution in [1.82, 2.24) is 0 Å². The van der Waals surface area contributed by atoms with Crippen LogP contribution in [0.1, 0.15) is 30.3 Å². The summed E-state index contributed by atoms with van der Waals surface area (Å²) in [5.74, 6) is -1.48. The molecule has 4 N–H and O–H groups in total. The third-order valence-electron chi connectivity index (χ3n) is 3.50. The SMILES string of the molecule is C[NH2+][C@H](C)[C@@H](O)c1ccccc1.O=C([O-])[C@H](O)c1ccccc1. The molecule has 0 aliphatic carbocycles. The maximum absolute atomic E-state index is 10.1. The Bertz CT molecular complexity index is 574. The van der Waals surface area contributed by atoms with Crippen LogP contribution in [-0.2, 0) is 4.79 Å². The van der Waals surface area contributed by atoms with Gasteiger partial charge in [0.25, 0.3) is 0 Å². The molecule has 0 amide bonds. The van der Waals surface area contributed by atoms with Crippen LogP contribution in [0.4, 0.5) is 0 Å². The lowest BCUT2D eigenvalue weighted by Gasteiger charge is -2.15. The number of carboxylic acid groups (broad SMARTS) is 1. The molecule has 0 saturated heterocycles. The molecule has 0 saturated carbocycles. The zero-order valence-corrected chi connectivity index (χ0v) is 13.3. The number of hydrogen-bond acceptors (Lipinski definition) is 4. The molecule has 0 aromatic heterocycles. The van der Waals surface area contributed by atoms with Gasteiger partial charge >= 0.3 is 0 Å². The molecular weight excluding hydrogens is 294 g/mol. The molecule has 23 heavy (non-hydrogen) atoms. The Morgan fingerprint density at radius 3 is 1.78 bits per heavy atom. The van der Waals surface area contributed by atoms with E-state index < -0.39 is 12.1 Å². The Hall–Kier alpha value is -2.21. The van der Waals surface area contributed by atoms with Crippen LogP contribution in [0.5, 0.6) is 0 Å². The van der Waals surface area contributed by atoms with Gasteiger partial charge in [0.1, 0.15) is 18.2 Å². The third kappa shape index (κ3) is 6.20. The average molecular weight is 317 g/mol. The Balaban J connectivity index is 0.000000231. The van der Waals surface area contributed by atoms with Crippen molar-refractivity contribution in [3.63, 3.8) is 0 Å². The Morgan fingerprint density at radius 2 is 1.39 bits per heavy atom. The molecule has 0 unspecified atom stereocenters. The predicted octanol–water partition coefficient (Wildman–Crippen LogP) is -0.228. The number of aliphatic carboxylic acids is 1. The number of quaternary nitrogens is 1. The third-order valence-corrected chi connectivity index (χ3v) is 3.50. The highest BCUT2D eigenvalue weighted by Crippen LogP contribution is 2.13. The molecule has 2 aromatic rings. The summed E-state index contributed by atoms with van der Waals surface area (Å²) < 4.78 is 0. The van der Waals surface area contributed by atoms with E-state index in [9.17, 15) is 15.0 Å². The van der Waals surface area contributed by atoms with Crippen molar-refractivity contribution >= 4 is 5.97 Å². The molecule has 5 nitrogen and oxygen atoms in total. The van der Waals surface area contributed by atoms with E-state index >= 15 is 0 Å². The minimum absolute atomic E-state index is 0.215. The number of rotatable bonds is 5. The predicted molar refractivity (Wildman–Crippen MR) is 85.1 cm³/mol. The minimum atomic E-state index is -1.52. The monoisotopic (exact) mass is 317 g/mol. The van der Waals surface area contributed by atoms with Crippen LogP contribution in [-0.4, -0.2) is 29.3 Å². The topological polar surface area (TPSA) is 97.2 Å². The normalized spacial score (nSPS) is 14.1. The van der Waals surface area contributed by atoms with Gasteiger partial charge in [0.05, 0.1) is 13.0 Å². The van der Waals surface area contributed by atoms with Crippen molar-refractivity contribution in [2.45, 2.75) is 25.2 Å². The number of benzene rings is 2. The summed E-state index contributed by atoms with van der Waals surface area (Å²) >= 11 is 0. The van der Waals surface area contributed by atoms with Crippen molar-refractivity contribution < 1.29 is 25.4 Å². The van der Waals surface area contributed by atoms with E-state index in [0.717, 1.165) is 5.56 Å². The number of carbonyl (C=O) groups is 1. The van der Waals surface area contributed by atoms with Gasteiger partial charge in [-0.25, -0.2) is 0 Å². The van der Waals surface area contributed by atoms with Gasteiger partial charge < -0.3 is 25.4 Å². The van der Waals surface area contributed by atoms with Crippen LogP contribution < -0.4 is 10.4 Å². The second-order valence-corrected chi connectivity index (χ2v) is 5.18. The Labute approximate surface area is 136 Å². The second-order valence-electron chi connectivity index (χ2n) is 5.18. The van der Waals surface area contributed by atoms with Crippen LogP contribution in [0.15, 0.2) is 60.7 Å². The van der Waals surface area contributed by atoms with Crippen molar-refractivity contribution in [3.8, 4) is 0 Å². The maximum atomic E-state index is 10.1. The fourth-order valence-corrected chi connectivity index (χ4v) is 1.91. The molecule has 0 fully saturated rings. The molecule has 5 heteroatoms. The summed E-state index contributed by atoms with van der Waals surface area (Å²) in [6, 6.07) is 18.1. The lowest BCUT2D eigenvalue weighted by Crippen LogP contribution is -2.86. The molecule has 124 valence electrons. The number of carboxylic acids is 1. The molecule has 0 radical (unpaired) electrons. The molecular formula is C18H23NO4. The van der Waals surface area contributed by atoms with Crippen LogP contribution >= 0.6 is 0 Å². The zero-order chi connectivity index (χ0) is 17.2. The minimum Gasteiger partial charge on any atom is -0.547 e. The number of likely N-dealkylation sites (N-methyl/N-ethyl adjacent to an activating group) is 1. The Kier molecular flexibility index (Phi) is 7.97. The number of aliphatic hydroxyl groups is 2. The van der Waals surface area contributed by atoms with E-state index in [4.69, 9.17) is 5.11 Å². The first kappa shape index (κ1) is 18.8. The van der Waals surface area contributed by atoms with E-state index in [1.54, 1.807) is 18.2 Å². The number of carbonyl (C=O) groups excluding carboxylic acids is 1. The van der Waals surface area contributed by atoms with Crippen LogP contribution in [0, 0.1) is 0 Å². The van der Waals surface area contributed by atoms with Gasteiger partial charge in [-0.05, 0) is 18.1 Å². The summed E-state index contributed by atoms with van der Waals surface area (Å²) in [4.78, 5) is 10.1. The first-order chi connectivity index (χ1) is 11.0. The lowest BCUT2D eigenvalue weighted by molar-refractivity contribution is -0.669. The Morgan fingerprint density at radius 1 is 0.957 bits per heavy atom. The number of aliphatic hydroxyl groups excluding tert-OH is 2. The van der Waals surface area contributed by atoms with Crippen molar-refractivity contribution in [2.24, 2.45) is 0 Å². The molecule has 2 rings (SSSR count). The highest BCUT2D eigenvalue weighted by molar-refractivity contribution is 5.71. The van der Waals surface area contributed by atoms with E-state index in [1.807, 2.05) is 49.6 Å². The van der Waals surface area contributed by atoms with Gasteiger partial charge in [-0.2, -0.15) is 0 Å². The molecule has 0 aliphatic heterocycles. The molecule has 0 aliphatic rings. The smallest absolute Gasteiger partial charge is 0.130 e. The first-order valence-electron chi connectivity index (χ1n) is 7.43. The molecule has 0 bridgehead atoms. The van der Waals surface area contributed by atoms with Crippen molar-refractivity contribution in [1.29, 1.82) is 0 Å². The van der Waals surface area contributed by atoms with E-state index in [0.29, 0.717) is 5.56 Å². The molecule has 3 atom stereocenters. The van der Waals surface area contributed by atoms with Crippen molar-refractivity contribution in [2.75, 3.05) is 7.05 Å². The van der Waals surface area contributed by atoms with Gasteiger partial charge in [0.2, 0.25) is 0 Å². The first-order valence-corrected chi connectivity index (χ1v) is 7.43. The van der Waals surface area contributed by atoms with Crippen LogP contribution in [0.3, 0.4) is 0 Å². The zero-order valence-electron chi connectivity index (χ0n) is 13.3. The quantitative estimate of drug-likeness (QED) is 0.710. The largest absolute Gasteiger partial charge is 0.547 e. The number of nitrogens with two attached hydrogens (primary N) is 1.